The highest BCUT2D eigenvalue weighted by Crippen LogP contribution is 2.44. The van der Waals surface area contributed by atoms with E-state index in [1.807, 2.05) is 12.4 Å². The van der Waals surface area contributed by atoms with Crippen LogP contribution in [0.2, 0.25) is 0 Å². The first-order chi connectivity index (χ1) is 10.2. The number of piperidine rings is 2. The Morgan fingerprint density at radius 1 is 1.33 bits per heavy atom. The normalized spacial score (nSPS) is 27.2. The van der Waals surface area contributed by atoms with Crippen LogP contribution in [-0.2, 0) is 6.42 Å². The summed E-state index contributed by atoms with van der Waals surface area (Å²) in [7, 11) is 2.21. The Kier molecular flexibility index (Phi) is 4.62. The number of nitrogens with one attached hydrogen (secondary N) is 1. The van der Waals surface area contributed by atoms with Crippen LogP contribution >= 0.6 is 0 Å². The molecule has 2 saturated heterocycles. The van der Waals surface area contributed by atoms with Gasteiger partial charge in [0.25, 0.3) is 0 Å². The Morgan fingerprint density at radius 3 is 2.76 bits per heavy atom. The van der Waals surface area contributed by atoms with Crippen molar-refractivity contribution in [3.63, 3.8) is 0 Å². The molecule has 0 unspecified atom stereocenters. The number of aromatic amines is 1. The van der Waals surface area contributed by atoms with Gasteiger partial charge in [0.1, 0.15) is 0 Å². The largest absolute Gasteiger partial charge is 0.396 e. The Morgan fingerprint density at radius 2 is 2.10 bits per heavy atom. The van der Waals surface area contributed by atoms with Crippen molar-refractivity contribution < 1.29 is 5.11 Å². The number of aliphatic hydroxyl groups is 1. The van der Waals surface area contributed by atoms with Gasteiger partial charge in [0, 0.05) is 31.8 Å². The molecule has 1 spiro atoms. The highest BCUT2D eigenvalue weighted by atomic mass is 16.3. The predicted octanol–water partition coefficient (Wildman–Crippen LogP) is 0.978. The predicted molar refractivity (Wildman–Crippen MR) is 83.1 cm³/mol. The second kappa shape index (κ2) is 6.46. The zero-order chi connectivity index (χ0) is 14.7. The lowest BCUT2D eigenvalue weighted by atomic mass is 9.64. The standard InChI is InChI=1S/C16H28N4O/c1-19-7-3-16(4-8-19)5-9-20(12-15(16)13-21)6-2-14-10-17-18-11-14/h10-11,15,21H,2-9,12-13H2,1H3,(H,17,18)/t15-/m1/s1. The van der Waals surface area contributed by atoms with E-state index in [2.05, 4.69) is 27.0 Å². The molecule has 3 heterocycles. The van der Waals surface area contributed by atoms with E-state index < -0.39 is 0 Å². The SMILES string of the molecule is CN1CCC2(CC1)CCN(CCc1cn[nH]c1)C[C@@H]2CO. The molecule has 0 bridgehead atoms. The molecular weight excluding hydrogens is 264 g/mol. The maximum atomic E-state index is 9.89. The molecule has 21 heavy (non-hydrogen) atoms. The van der Waals surface area contributed by atoms with Crippen LogP contribution in [0, 0.1) is 11.3 Å². The van der Waals surface area contributed by atoms with Gasteiger partial charge in [0.05, 0.1) is 6.20 Å². The van der Waals surface area contributed by atoms with E-state index in [0.29, 0.717) is 17.9 Å². The van der Waals surface area contributed by atoms with E-state index in [4.69, 9.17) is 0 Å². The van der Waals surface area contributed by atoms with Gasteiger partial charge in [-0.2, -0.15) is 5.10 Å². The summed E-state index contributed by atoms with van der Waals surface area (Å²) in [5.74, 6) is 0.448. The molecule has 0 saturated carbocycles. The topological polar surface area (TPSA) is 55.4 Å². The Hall–Kier alpha value is -0.910. The number of aromatic nitrogens is 2. The van der Waals surface area contributed by atoms with E-state index in [1.165, 1.54) is 44.5 Å². The maximum absolute atomic E-state index is 9.89. The van der Waals surface area contributed by atoms with E-state index in [9.17, 15) is 5.11 Å². The van der Waals surface area contributed by atoms with E-state index in [1.54, 1.807) is 0 Å². The quantitative estimate of drug-likeness (QED) is 0.868. The first-order valence-corrected chi connectivity index (χ1v) is 8.21. The van der Waals surface area contributed by atoms with Crippen LogP contribution in [0.3, 0.4) is 0 Å². The van der Waals surface area contributed by atoms with Gasteiger partial charge in [-0.05, 0) is 63.3 Å². The monoisotopic (exact) mass is 292 g/mol. The molecular formula is C16H28N4O. The van der Waals surface area contributed by atoms with Gasteiger partial charge in [0.2, 0.25) is 0 Å². The Bertz CT molecular complexity index is 425. The van der Waals surface area contributed by atoms with Crippen molar-refractivity contribution >= 4 is 0 Å². The minimum absolute atomic E-state index is 0.339. The summed E-state index contributed by atoms with van der Waals surface area (Å²) in [5.41, 5.74) is 1.67. The summed E-state index contributed by atoms with van der Waals surface area (Å²) in [6.45, 7) is 6.02. The number of rotatable bonds is 4. The number of aliphatic hydroxyl groups excluding tert-OH is 1. The van der Waals surface area contributed by atoms with Gasteiger partial charge in [-0.15, -0.1) is 0 Å². The molecule has 0 aromatic carbocycles. The van der Waals surface area contributed by atoms with Crippen molar-refractivity contribution in [2.24, 2.45) is 11.3 Å². The highest BCUT2D eigenvalue weighted by molar-refractivity contribution is 5.03. The third-order valence-electron chi connectivity index (χ3n) is 5.75. The van der Waals surface area contributed by atoms with Crippen molar-refractivity contribution in [2.45, 2.75) is 25.7 Å². The first kappa shape index (κ1) is 15.0. The number of hydrogen-bond donors (Lipinski definition) is 2. The fourth-order valence-corrected chi connectivity index (χ4v) is 4.06. The second-order valence-electron chi connectivity index (χ2n) is 6.95. The van der Waals surface area contributed by atoms with Gasteiger partial charge in [-0.1, -0.05) is 0 Å². The van der Waals surface area contributed by atoms with E-state index >= 15 is 0 Å². The summed E-state index contributed by atoms with van der Waals surface area (Å²) < 4.78 is 0. The third kappa shape index (κ3) is 3.30. The lowest BCUT2D eigenvalue weighted by molar-refractivity contribution is -0.0374. The molecule has 5 heteroatoms. The molecule has 2 aliphatic rings. The fourth-order valence-electron chi connectivity index (χ4n) is 4.06. The summed E-state index contributed by atoms with van der Waals surface area (Å²) in [4.78, 5) is 4.95. The van der Waals surface area contributed by atoms with Gasteiger partial charge >= 0.3 is 0 Å². The third-order valence-corrected chi connectivity index (χ3v) is 5.75. The summed E-state index contributed by atoms with van der Waals surface area (Å²) >= 11 is 0. The van der Waals surface area contributed by atoms with Gasteiger partial charge in [0.15, 0.2) is 0 Å². The van der Waals surface area contributed by atoms with Crippen molar-refractivity contribution in [3.05, 3.63) is 18.0 Å². The van der Waals surface area contributed by atoms with Crippen molar-refractivity contribution in [3.8, 4) is 0 Å². The zero-order valence-electron chi connectivity index (χ0n) is 13.1. The molecule has 2 fully saturated rings. The van der Waals surface area contributed by atoms with E-state index in [0.717, 1.165) is 19.5 Å². The molecule has 0 amide bonds. The van der Waals surface area contributed by atoms with Gasteiger partial charge < -0.3 is 14.9 Å². The van der Waals surface area contributed by atoms with Crippen molar-refractivity contribution in [2.75, 3.05) is 46.4 Å². The lowest BCUT2D eigenvalue weighted by Crippen LogP contribution is -2.53. The molecule has 0 radical (unpaired) electrons. The molecule has 3 rings (SSSR count). The minimum atomic E-state index is 0.339. The van der Waals surface area contributed by atoms with Crippen molar-refractivity contribution in [1.82, 2.24) is 20.0 Å². The minimum Gasteiger partial charge on any atom is -0.396 e. The summed E-state index contributed by atoms with van der Waals surface area (Å²) in [6.07, 6.45) is 8.69. The number of H-pyrrole nitrogens is 1. The maximum Gasteiger partial charge on any atom is 0.0519 e. The first-order valence-electron chi connectivity index (χ1n) is 8.21. The van der Waals surface area contributed by atoms with Crippen LogP contribution in [0.15, 0.2) is 12.4 Å². The van der Waals surface area contributed by atoms with Crippen LogP contribution < -0.4 is 0 Å². The molecule has 1 aromatic rings. The number of likely N-dealkylation sites (tertiary alicyclic amines) is 2. The molecule has 0 aliphatic carbocycles. The van der Waals surface area contributed by atoms with Gasteiger partial charge in [-0.3, -0.25) is 5.10 Å². The molecule has 5 nitrogen and oxygen atoms in total. The lowest BCUT2D eigenvalue weighted by Gasteiger charge is -2.51. The number of hydrogen-bond acceptors (Lipinski definition) is 4. The molecule has 1 atom stereocenters. The molecule has 2 aliphatic heterocycles. The summed E-state index contributed by atoms with van der Waals surface area (Å²) in [5, 5.41) is 16.8. The van der Waals surface area contributed by atoms with Crippen LogP contribution in [0.4, 0.5) is 0 Å². The molecule has 2 N–H and O–H groups in total. The fraction of sp³-hybridized carbons (Fsp3) is 0.812. The Labute approximate surface area is 127 Å². The van der Waals surface area contributed by atoms with Crippen LogP contribution in [0.25, 0.3) is 0 Å². The smallest absolute Gasteiger partial charge is 0.0519 e. The van der Waals surface area contributed by atoms with Crippen molar-refractivity contribution in [1.29, 1.82) is 0 Å². The summed E-state index contributed by atoms with van der Waals surface area (Å²) in [6, 6.07) is 0. The molecule has 1 aromatic heterocycles. The van der Waals surface area contributed by atoms with Gasteiger partial charge in [-0.25, -0.2) is 0 Å². The molecule has 118 valence electrons. The highest BCUT2D eigenvalue weighted by Gasteiger charge is 2.43. The average molecular weight is 292 g/mol. The zero-order valence-corrected chi connectivity index (χ0v) is 13.1. The Balaban J connectivity index is 1.56. The second-order valence-corrected chi connectivity index (χ2v) is 6.95. The van der Waals surface area contributed by atoms with Crippen LogP contribution in [0.1, 0.15) is 24.8 Å². The average Bonchev–Trinajstić information content (AvgIpc) is 3.03. The van der Waals surface area contributed by atoms with E-state index in [-0.39, 0.29) is 0 Å². The number of nitrogens with zero attached hydrogens (tertiary/aromatic N) is 3. The van der Waals surface area contributed by atoms with Crippen LogP contribution in [-0.4, -0.2) is 71.5 Å². The van der Waals surface area contributed by atoms with Crippen LogP contribution in [0.5, 0.6) is 0 Å².